The van der Waals surface area contributed by atoms with E-state index in [1.807, 2.05) is 37.3 Å². The van der Waals surface area contributed by atoms with Gasteiger partial charge in [-0.15, -0.1) is 0 Å². The maximum Gasteiger partial charge on any atom is 0.336 e. The van der Waals surface area contributed by atoms with E-state index in [1.165, 1.54) is 6.07 Å². The number of rotatable bonds is 1. The van der Waals surface area contributed by atoms with E-state index in [1.54, 1.807) is 23.7 Å². The number of aryl methyl sites for hydroxylation is 2. The van der Waals surface area contributed by atoms with Crippen LogP contribution < -0.4 is 15.9 Å². The van der Waals surface area contributed by atoms with Crippen molar-refractivity contribution >= 4 is 27.8 Å². The SMILES string of the molecule is Cc1cc(=O)oc2c3c(ccc12)OC(=O)C[C@@H]3c1cc2ccccc2n(C)c1=O. The Labute approximate surface area is 165 Å². The maximum absolute atomic E-state index is 13.2. The number of carbonyl (C=O) groups is 1. The summed E-state index contributed by atoms with van der Waals surface area (Å²) in [7, 11) is 1.71. The van der Waals surface area contributed by atoms with Crippen molar-refractivity contribution in [3.63, 3.8) is 0 Å². The minimum Gasteiger partial charge on any atom is -0.426 e. The topological polar surface area (TPSA) is 78.5 Å². The Morgan fingerprint density at radius 2 is 1.83 bits per heavy atom. The molecule has 5 rings (SSSR count). The van der Waals surface area contributed by atoms with Crippen LogP contribution in [0.5, 0.6) is 5.75 Å². The van der Waals surface area contributed by atoms with Gasteiger partial charge in [0.2, 0.25) is 0 Å². The maximum atomic E-state index is 13.2. The zero-order chi connectivity index (χ0) is 20.3. The second-order valence-electron chi connectivity index (χ2n) is 7.36. The van der Waals surface area contributed by atoms with Gasteiger partial charge in [0.1, 0.15) is 11.3 Å². The van der Waals surface area contributed by atoms with Gasteiger partial charge in [-0.1, -0.05) is 18.2 Å². The molecule has 3 heterocycles. The molecule has 29 heavy (non-hydrogen) atoms. The number of esters is 1. The molecule has 2 aromatic carbocycles. The number of nitrogens with zero attached hydrogens (tertiary/aromatic N) is 1. The minimum atomic E-state index is -0.566. The average Bonchev–Trinajstić information content (AvgIpc) is 2.69. The molecule has 0 fully saturated rings. The third kappa shape index (κ3) is 2.60. The van der Waals surface area contributed by atoms with E-state index in [0.717, 1.165) is 21.9 Å². The van der Waals surface area contributed by atoms with Crippen LogP contribution in [0.1, 0.15) is 29.0 Å². The largest absolute Gasteiger partial charge is 0.426 e. The zero-order valence-corrected chi connectivity index (χ0v) is 15.9. The highest BCUT2D eigenvalue weighted by Gasteiger charge is 2.33. The lowest BCUT2D eigenvalue weighted by atomic mass is 9.85. The molecule has 0 radical (unpaired) electrons. The van der Waals surface area contributed by atoms with Crippen molar-refractivity contribution in [2.75, 3.05) is 0 Å². The monoisotopic (exact) mass is 387 g/mol. The number of hydrogen-bond donors (Lipinski definition) is 0. The van der Waals surface area contributed by atoms with Crippen LogP contribution in [0.4, 0.5) is 0 Å². The normalized spacial score (nSPS) is 16.1. The fraction of sp³-hybridized carbons (Fsp3) is 0.174. The van der Waals surface area contributed by atoms with Crippen molar-refractivity contribution in [3.8, 4) is 5.75 Å². The quantitative estimate of drug-likeness (QED) is 0.284. The van der Waals surface area contributed by atoms with Gasteiger partial charge in [-0.25, -0.2) is 4.79 Å². The molecule has 0 spiro atoms. The first-order chi connectivity index (χ1) is 13.9. The summed E-state index contributed by atoms with van der Waals surface area (Å²) >= 11 is 0. The molecular weight excluding hydrogens is 370 g/mol. The summed E-state index contributed by atoms with van der Waals surface area (Å²) in [4.78, 5) is 37.6. The summed E-state index contributed by atoms with van der Waals surface area (Å²) < 4.78 is 12.5. The summed E-state index contributed by atoms with van der Waals surface area (Å²) in [6.45, 7) is 1.82. The van der Waals surface area contributed by atoms with E-state index in [0.29, 0.717) is 22.5 Å². The van der Waals surface area contributed by atoms with Crippen LogP contribution in [0.15, 0.2) is 62.5 Å². The van der Waals surface area contributed by atoms with Gasteiger partial charge in [-0.2, -0.15) is 0 Å². The predicted octanol–water partition coefficient (Wildman–Crippen LogP) is 3.39. The number of benzene rings is 2. The van der Waals surface area contributed by atoms with Crippen LogP contribution in [0.3, 0.4) is 0 Å². The first-order valence-corrected chi connectivity index (χ1v) is 9.31. The molecule has 0 saturated heterocycles. The third-order valence-corrected chi connectivity index (χ3v) is 5.60. The molecule has 6 nitrogen and oxygen atoms in total. The van der Waals surface area contributed by atoms with E-state index in [4.69, 9.17) is 9.15 Å². The van der Waals surface area contributed by atoms with Crippen LogP contribution >= 0.6 is 0 Å². The highest BCUT2D eigenvalue weighted by Crippen LogP contribution is 2.42. The Balaban J connectivity index is 1.87. The number of para-hydroxylation sites is 1. The lowest BCUT2D eigenvalue weighted by molar-refractivity contribution is -0.135. The lowest BCUT2D eigenvalue weighted by Crippen LogP contribution is -2.29. The Morgan fingerprint density at radius 3 is 2.66 bits per heavy atom. The van der Waals surface area contributed by atoms with Crippen molar-refractivity contribution in [1.82, 2.24) is 4.57 Å². The van der Waals surface area contributed by atoms with Gasteiger partial charge in [0.05, 0.1) is 11.9 Å². The summed E-state index contributed by atoms with van der Waals surface area (Å²) in [6, 6.07) is 14.3. The highest BCUT2D eigenvalue weighted by atomic mass is 16.5. The molecule has 0 amide bonds. The van der Waals surface area contributed by atoms with Gasteiger partial charge in [-0.05, 0) is 42.1 Å². The van der Waals surface area contributed by atoms with Crippen LogP contribution in [0.2, 0.25) is 0 Å². The molecule has 0 N–H and O–H groups in total. The Bertz CT molecular complexity index is 1440. The van der Waals surface area contributed by atoms with Crippen molar-refractivity contribution in [2.45, 2.75) is 19.3 Å². The molecule has 144 valence electrons. The average molecular weight is 387 g/mol. The molecule has 0 unspecified atom stereocenters. The second-order valence-corrected chi connectivity index (χ2v) is 7.36. The Hall–Kier alpha value is -3.67. The molecule has 2 aromatic heterocycles. The smallest absolute Gasteiger partial charge is 0.336 e. The third-order valence-electron chi connectivity index (χ3n) is 5.60. The van der Waals surface area contributed by atoms with Crippen LogP contribution in [-0.4, -0.2) is 10.5 Å². The summed E-state index contributed by atoms with van der Waals surface area (Å²) in [5, 5.41) is 1.65. The zero-order valence-electron chi connectivity index (χ0n) is 15.9. The summed E-state index contributed by atoms with van der Waals surface area (Å²) in [6.07, 6.45) is -0.00263. The number of ether oxygens (including phenoxy) is 1. The van der Waals surface area contributed by atoms with Gasteiger partial charge in [0.15, 0.2) is 0 Å². The van der Waals surface area contributed by atoms with Gasteiger partial charge in [0, 0.05) is 35.5 Å². The van der Waals surface area contributed by atoms with E-state index < -0.39 is 17.5 Å². The first-order valence-electron chi connectivity index (χ1n) is 9.31. The van der Waals surface area contributed by atoms with Crippen molar-refractivity contribution in [2.24, 2.45) is 7.05 Å². The molecule has 4 aromatic rings. The standard InChI is InChI=1S/C23H17NO5/c1-12-9-19(25)29-22-14(12)7-8-18-21(22)15(11-20(26)28-18)16-10-13-5-3-4-6-17(13)24(2)23(16)27/h3-10,15H,11H2,1-2H3/t15-/m1/s1. The number of pyridine rings is 1. The Kier molecular flexibility index (Phi) is 3.71. The lowest BCUT2D eigenvalue weighted by Gasteiger charge is -2.25. The minimum absolute atomic E-state index is 0.00263. The predicted molar refractivity (Wildman–Crippen MR) is 109 cm³/mol. The van der Waals surface area contributed by atoms with Gasteiger partial charge in [-0.3, -0.25) is 9.59 Å². The van der Waals surface area contributed by atoms with E-state index in [2.05, 4.69) is 0 Å². The summed E-state index contributed by atoms with van der Waals surface area (Å²) in [5.41, 5.74) is 2.30. The van der Waals surface area contributed by atoms with Crippen molar-refractivity contribution in [3.05, 3.63) is 86.0 Å². The molecule has 1 aliphatic heterocycles. The van der Waals surface area contributed by atoms with Crippen molar-refractivity contribution in [1.29, 1.82) is 0 Å². The van der Waals surface area contributed by atoms with Crippen LogP contribution in [0.25, 0.3) is 21.9 Å². The number of hydrogen-bond acceptors (Lipinski definition) is 5. The first kappa shape index (κ1) is 17.4. The molecule has 0 bridgehead atoms. The fourth-order valence-corrected chi connectivity index (χ4v) is 4.20. The van der Waals surface area contributed by atoms with E-state index in [-0.39, 0.29) is 12.0 Å². The molecule has 0 aliphatic carbocycles. The van der Waals surface area contributed by atoms with Crippen LogP contribution in [0, 0.1) is 6.92 Å². The molecule has 0 saturated carbocycles. The van der Waals surface area contributed by atoms with E-state index >= 15 is 0 Å². The fourth-order valence-electron chi connectivity index (χ4n) is 4.20. The number of aromatic nitrogens is 1. The molecule has 1 aliphatic rings. The molecule has 1 atom stereocenters. The summed E-state index contributed by atoms with van der Waals surface area (Å²) in [5.74, 6) is -0.669. The van der Waals surface area contributed by atoms with Gasteiger partial charge >= 0.3 is 11.6 Å². The van der Waals surface area contributed by atoms with Crippen LogP contribution in [-0.2, 0) is 11.8 Å². The number of carbonyl (C=O) groups excluding carboxylic acids is 1. The van der Waals surface area contributed by atoms with Crippen molar-refractivity contribution < 1.29 is 13.9 Å². The Morgan fingerprint density at radius 1 is 1.03 bits per heavy atom. The number of fused-ring (bicyclic) bond motifs is 4. The molecule has 6 heteroatoms. The second kappa shape index (κ2) is 6.17. The molecular formula is C23H17NO5. The van der Waals surface area contributed by atoms with Gasteiger partial charge < -0.3 is 13.7 Å². The highest BCUT2D eigenvalue weighted by molar-refractivity contribution is 5.90. The van der Waals surface area contributed by atoms with E-state index in [9.17, 15) is 14.4 Å². The van der Waals surface area contributed by atoms with Gasteiger partial charge in [0.25, 0.3) is 5.56 Å².